The summed E-state index contributed by atoms with van der Waals surface area (Å²) in [6.45, 7) is 1.75. The van der Waals surface area contributed by atoms with Gasteiger partial charge in [-0.15, -0.1) is 0 Å². The molecule has 2 aliphatic rings. The third kappa shape index (κ3) is 3.33. The molecule has 10 heteroatoms. The minimum atomic E-state index is -4.53. The SMILES string of the molecule is CN(C)CCCCNC(=O)N1CC[C@@H]2[C@H]1C(=O)N2S(=O)(=O)O. The van der Waals surface area contributed by atoms with Gasteiger partial charge in [0.25, 0.3) is 5.91 Å². The predicted molar refractivity (Wildman–Crippen MR) is 78.5 cm³/mol. The van der Waals surface area contributed by atoms with Gasteiger partial charge in [0, 0.05) is 13.1 Å². The van der Waals surface area contributed by atoms with Crippen molar-refractivity contribution in [1.29, 1.82) is 0 Å². The van der Waals surface area contributed by atoms with Gasteiger partial charge in [0.05, 0.1) is 6.04 Å². The van der Waals surface area contributed by atoms with Gasteiger partial charge in [-0.05, 0) is 39.9 Å². The van der Waals surface area contributed by atoms with Crippen LogP contribution in [0.4, 0.5) is 4.79 Å². The summed E-state index contributed by atoms with van der Waals surface area (Å²) in [7, 11) is -0.574. The molecule has 2 fully saturated rings. The number of fused-ring (bicyclic) bond motifs is 1. The van der Waals surface area contributed by atoms with Gasteiger partial charge in [-0.2, -0.15) is 8.42 Å². The molecular weight excluding hydrogens is 312 g/mol. The number of carbonyl (C=O) groups excluding carboxylic acids is 2. The van der Waals surface area contributed by atoms with Gasteiger partial charge in [-0.3, -0.25) is 9.35 Å². The van der Waals surface area contributed by atoms with Crippen molar-refractivity contribution in [3.8, 4) is 0 Å². The smallest absolute Gasteiger partial charge is 0.338 e. The van der Waals surface area contributed by atoms with Crippen LogP contribution in [0.25, 0.3) is 0 Å². The standard InChI is InChI=1S/C12H22N4O5S/c1-14(2)7-4-3-6-13-12(18)15-8-5-9-10(15)11(17)16(9)22(19,20)21/h9-10H,3-8H2,1-2H3,(H,13,18)(H,19,20,21)/t9-,10+/m1/s1. The lowest BCUT2D eigenvalue weighted by Crippen LogP contribution is -2.68. The first-order chi connectivity index (χ1) is 10.2. The van der Waals surface area contributed by atoms with Crippen molar-refractivity contribution in [3.63, 3.8) is 0 Å². The lowest BCUT2D eigenvalue weighted by atomic mass is 10.0. The van der Waals surface area contributed by atoms with Crippen LogP contribution in [0.3, 0.4) is 0 Å². The van der Waals surface area contributed by atoms with E-state index in [0.717, 1.165) is 19.4 Å². The van der Waals surface area contributed by atoms with Crippen LogP contribution >= 0.6 is 0 Å². The molecule has 0 radical (unpaired) electrons. The average molecular weight is 334 g/mol. The Kier molecular flexibility index (Phi) is 4.93. The number of β-lactam (4-membered cyclic amide) rings is 1. The molecular formula is C12H22N4O5S. The molecule has 2 heterocycles. The normalized spacial score (nSPS) is 24.5. The number of carbonyl (C=O) groups is 2. The van der Waals surface area contributed by atoms with E-state index < -0.39 is 28.3 Å². The average Bonchev–Trinajstić information content (AvgIpc) is 2.74. The Morgan fingerprint density at radius 2 is 2.09 bits per heavy atom. The highest BCUT2D eigenvalue weighted by atomic mass is 32.2. The van der Waals surface area contributed by atoms with Crippen LogP contribution in [-0.4, -0.2) is 84.8 Å². The molecule has 0 unspecified atom stereocenters. The molecule has 0 aromatic heterocycles. The molecule has 2 aliphatic heterocycles. The maximum absolute atomic E-state index is 12.1. The number of urea groups is 1. The molecule has 9 nitrogen and oxygen atoms in total. The fraction of sp³-hybridized carbons (Fsp3) is 0.833. The van der Waals surface area contributed by atoms with Gasteiger partial charge in [-0.25, -0.2) is 9.10 Å². The van der Waals surface area contributed by atoms with Crippen molar-refractivity contribution in [2.24, 2.45) is 0 Å². The molecule has 0 aliphatic carbocycles. The minimum absolute atomic E-state index is 0.302. The third-order valence-corrected chi connectivity index (χ3v) is 4.90. The zero-order valence-electron chi connectivity index (χ0n) is 12.7. The summed E-state index contributed by atoms with van der Waals surface area (Å²) in [5.74, 6) is -0.743. The number of likely N-dealkylation sites (tertiary alicyclic amines) is 1. The van der Waals surface area contributed by atoms with Gasteiger partial charge in [0.15, 0.2) is 0 Å². The number of amides is 3. The number of hydrogen-bond donors (Lipinski definition) is 2. The van der Waals surface area contributed by atoms with E-state index in [1.807, 2.05) is 14.1 Å². The first-order valence-electron chi connectivity index (χ1n) is 7.23. The van der Waals surface area contributed by atoms with Crippen molar-refractivity contribution in [2.45, 2.75) is 31.3 Å². The molecule has 0 bridgehead atoms. The molecule has 2 N–H and O–H groups in total. The van der Waals surface area contributed by atoms with Crippen molar-refractivity contribution in [3.05, 3.63) is 0 Å². The zero-order chi connectivity index (χ0) is 16.5. The molecule has 0 aromatic carbocycles. The summed E-state index contributed by atoms with van der Waals surface area (Å²) in [6.07, 6.45) is 2.13. The summed E-state index contributed by atoms with van der Waals surface area (Å²) in [4.78, 5) is 27.3. The first kappa shape index (κ1) is 17.0. The molecule has 2 atom stereocenters. The maximum Gasteiger partial charge on any atom is 0.362 e. The van der Waals surface area contributed by atoms with Gasteiger partial charge >= 0.3 is 16.3 Å². The zero-order valence-corrected chi connectivity index (χ0v) is 13.5. The van der Waals surface area contributed by atoms with E-state index in [2.05, 4.69) is 10.2 Å². The number of nitrogens with one attached hydrogen (secondary N) is 1. The van der Waals surface area contributed by atoms with E-state index in [0.29, 0.717) is 23.8 Å². The highest BCUT2D eigenvalue weighted by Gasteiger charge is 2.59. The highest BCUT2D eigenvalue weighted by molar-refractivity contribution is 7.84. The molecule has 22 heavy (non-hydrogen) atoms. The molecule has 0 saturated carbocycles. The quantitative estimate of drug-likeness (QED) is 0.371. The monoisotopic (exact) mass is 334 g/mol. The molecule has 3 amide bonds. The van der Waals surface area contributed by atoms with E-state index in [1.165, 1.54) is 4.90 Å². The fourth-order valence-electron chi connectivity index (χ4n) is 2.89. The Morgan fingerprint density at radius 1 is 1.41 bits per heavy atom. The van der Waals surface area contributed by atoms with Gasteiger partial charge in [-0.1, -0.05) is 0 Å². The number of hydrogen-bond acceptors (Lipinski definition) is 5. The molecule has 0 spiro atoms. The Hall–Kier alpha value is -1.39. The second-order valence-electron chi connectivity index (χ2n) is 5.85. The third-order valence-electron chi connectivity index (χ3n) is 3.96. The number of unbranched alkanes of at least 4 members (excludes halogenated alkanes) is 1. The second-order valence-corrected chi connectivity index (χ2v) is 7.14. The van der Waals surface area contributed by atoms with Crippen LogP contribution in [0.2, 0.25) is 0 Å². The van der Waals surface area contributed by atoms with E-state index >= 15 is 0 Å². The first-order valence-corrected chi connectivity index (χ1v) is 8.63. The summed E-state index contributed by atoms with van der Waals surface area (Å²) in [5, 5.41) is 2.74. The Bertz CT molecular complexity index is 550. The van der Waals surface area contributed by atoms with Crippen molar-refractivity contribution >= 4 is 22.2 Å². The van der Waals surface area contributed by atoms with Crippen LogP contribution in [0.5, 0.6) is 0 Å². The van der Waals surface area contributed by atoms with Crippen molar-refractivity contribution in [1.82, 2.24) is 19.4 Å². The van der Waals surface area contributed by atoms with Crippen LogP contribution < -0.4 is 5.32 Å². The molecule has 2 rings (SSSR count). The minimum Gasteiger partial charge on any atom is -0.338 e. The van der Waals surface area contributed by atoms with Crippen molar-refractivity contribution < 1.29 is 22.6 Å². The van der Waals surface area contributed by atoms with E-state index in [-0.39, 0.29) is 6.03 Å². The number of nitrogens with zero attached hydrogens (tertiary/aromatic N) is 3. The van der Waals surface area contributed by atoms with Crippen LogP contribution in [0, 0.1) is 0 Å². The number of rotatable bonds is 6. The summed E-state index contributed by atoms with van der Waals surface area (Å²) < 4.78 is 31.6. The summed E-state index contributed by atoms with van der Waals surface area (Å²) >= 11 is 0. The van der Waals surface area contributed by atoms with Crippen LogP contribution in [-0.2, 0) is 15.1 Å². The molecule has 0 aromatic rings. The van der Waals surface area contributed by atoms with E-state index in [1.54, 1.807) is 0 Å². The molecule has 2 saturated heterocycles. The molecule has 126 valence electrons. The topological polar surface area (TPSA) is 110 Å². The summed E-state index contributed by atoms with van der Waals surface area (Å²) in [5.41, 5.74) is 0. The predicted octanol–water partition coefficient (Wildman–Crippen LogP) is -0.874. The Morgan fingerprint density at radius 3 is 2.68 bits per heavy atom. The van der Waals surface area contributed by atoms with Gasteiger partial charge in [0.1, 0.15) is 6.04 Å². The maximum atomic E-state index is 12.1. The second kappa shape index (κ2) is 6.39. The Balaban J connectivity index is 1.80. The summed E-state index contributed by atoms with van der Waals surface area (Å²) in [6, 6.07) is -1.77. The van der Waals surface area contributed by atoms with Gasteiger partial charge < -0.3 is 15.1 Å². The largest absolute Gasteiger partial charge is 0.362 e. The van der Waals surface area contributed by atoms with Crippen LogP contribution in [0.15, 0.2) is 0 Å². The van der Waals surface area contributed by atoms with E-state index in [9.17, 15) is 18.0 Å². The highest BCUT2D eigenvalue weighted by Crippen LogP contribution is 2.35. The lowest BCUT2D eigenvalue weighted by molar-refractivity contribution is -0.143. The van der Waals surface area contributed by atoms with Crippen molar-refractivity contribution in [2.75, 3.05) is 33.7 Å². The van der Waals surface area contributed by atoms with Crippen LogP contribution in [0.1, 0.15) is 19.3 Å². The Labute approximate surface area is 130 Å². The lowest BCUT2D eigenvalue weighted by Gasteiger charge is -2.42. The van der Waals surface area contributed by atoms with E-state index in [4.69, 9.17) is 4.55 Å². The fourth-order valence-corrected chi connectivity index (χ4v) is 3.79. The van der Waals surface area contributed by atoms with Gasteiger partial charge in [0.2, 0.25) is 0 Å².